The van der Waals surface area contributed by atoms with E-state index >= 15 is 0 Å². The fourth-order valence-electron chi connectivity index (χ4n) is 3.87. The lowest BCUT2D eigenvalue weighted by atomic mass is 9.96. The van der Waals surface area contributed by atoms with Crippen LogP contribution >= 0.6 is 0 Å². The third-order valence-corrected chi connectivity index (χ3v) is 5.09. The maximum Gasteiger partial charge on any atom is 0.111 e. The molecule has 118 valence electrons. The number of ether oxygens (including phenoxy) is 1. The fraction of sp³-hybridized carbons (Fsp3) is 0.611. The molecule has 2 atom stereocenters. The van der Waals surface area contributed by atoms with Crippen molar-refractivity contribution in [2.24, 2.45) is 5.92 Å². The van der Waals surface area contributed by atoms with E-state index in [4.69, 9.17) is 9.72 Å². The zero-order chi connectivity index (χ0) is 14.9. The third-order valence-electron chi connectivity index (χ3n) is 5.09. The molecule has 4 heteroatoms. The minimum Gasteiger partial charge on any atom is -0.381 e. The summed E-state index contributed by atoms with van der Waals surface area (Å²) in [5.41, 5.74) is 3.56. The number of imidazole rings is 1. The van der Waals surface area contributed by atoms with Gasteiger partial charge >= 0.3 is 0 Å². The number of rotatable bonds is 3. The average Bonchev–Trinajstić information content (AvgIpc) is 3.16. The standard InChI is InChI=1S/C18H25N3O/c1-13-4-5-16-17(9-13)20-18(19-16)15-3-2-7-21(11-15)10-14-6-8-22-12-14/h4-5,9,14-15H,2-3,6-8,10-12H2,1H3,(H,19,20)/t14-,15+/m1/s1. The number of hydrogen-bond acceptors (Lipinski definition) is 3. The van der Waals surface area contributed by atoms with Gasteiger partial charge in [-0.2, -0.15) is 0 Å². The van der Waals surface area contributed by atoms with Crippen molar-refractivity contribution in [3.05, 3.63) is 29.6 Å². The van der Waals surface area contributed by atoms with Gasteiger partial charge in [-0.25, -0.2) is 4.98 Å². The lowest BCUT2D eigenvalue weighted by Crippen LogP contribution is -2.38. The molecule has 2 saturated heterocycles. The second kappa shape index (κ2) is 6.01. The van der Waals surface area contributed by atoms with Gasteiger partial charge in [-0.05, 0) is 56.3 Å². The number of H-pyrrole nitrogens is 1. The van der Waals surface area contributed by atoms with Crippen molar-refractivity contribution in [2.45, 2.75) is 32.1 Å². The van der Waals surface area contributed by atoms with Gasteiger partial charge in [0.25, 0.3) is 0 Å². The molecule has 0 radical (unpaired) electrons. The van der Waals surface area contributed by atoms with Gasteiger partial charge in [0.05, 0.1) is 17.6 Å². The van der Waals surface area contributed by atoms with E-state index in [1.165, 1.54) is 49.3 Å². The van der Waals surface area contributed by atoms with Gasteiger partial charge in [0.2, 0.25) is 0 Å². The van der Waals surface area contributed by atoms with E-state index in [1.807, 2.05) is 0 Å². The third kappa shape index (κ3) is 2.90. The van der Waals surface area contributed by atoms with Crippen molar-refractivity contribution in [3.8, 4) is 0 Å². The summed E-state index contributed by atoms with van der Waals surface area (Å²) < 4.78 is 5.52. The Morgan fingerprint density at radius 1 is 1.36 bits per heavy atom. The number of hydrogen-bond donors (Lipinski definition) is 1. The van der Waals surface area contributed by atoms with Crippen molar-refractivity contribution in [1.29, 1.82) is 0 Å². The van der Waals surface area contributed by atoms with E-state index in [0.29, 0.717) is 5.92 Å². The summed E-state index contributed by atoms with van der Waals surface area (Å²) in [6.45, 7) is 7.58. The van der Waals surface area contributed by atoms with Gasteiger partial charge in [-0.3, -0.25) is 0 Å². The van der Waals surface area contributed by atoms with Gasteiger partial charge in [-0.15, -0.1) is 0 Å². The Labute approximate surface area is 131 Å². The molecule has 4 rings (SSSR count). The van der Waals surface area contributed by atoms with Crippen molar-refractivity contribution >= 4 is 11.0 Å². The van der Waals surface area contributed by atoms with E-state index in [0.717, 1.165) is 31.2 Å². The predicted molar refractivity (Wildman–Crippen MR) is 88.2 cm³/mol. The van der Waals surface area contributed by atoms with Crippen molar-refractivity contribution in [3.63, 3.8) is 0 Å². The predicted octanol–water partition coefficient (Wildman–Crippen LogP) is 3.09. The van der Waals surface area contributed by atoms with Gasteiger partial charge in [0.1, 0.15) is 5.82 Å². The first-order valence-corrected chi connectivity index (χ1v) is 8.54. The molecular formula is C18H25N3O. The van der Waals surface area contributed by atoms with E-state index in [9.17, 15) is 0 Å². The van der Waals surface area contributed by atoms with E-state index in [1.54, 1.807) is 0 Å². The monoisotopic (exact) mass is 299 g/mol. The summed E-state index contributed by atoms with van der Waals surface area (Å²) >= 11 is 0. The van der Waals surface area contributed by atoms with Gasteiger partial charge in [0.15, 0.2) is 0 Å². The number of piperidine rings is 1. The molecule has 4 nitrogen and oxygen atoms in total. The molecule has 2 aromatic rings. The van der Waals surface area contributed by atoms with E-state index in [2.05, 4.69) is 35.0 Å². The average molecular weight is 299 g/mol. The van der Waals surface area contributed by atoms with Crippen LogP contribution in [0.1, 0.15) is 36.6 Å². The van der Waals surface area contributed by atoms with E-state index < -0.39 is 0 Å². The summed E-state index contributed by atoms with van der Waals surface area (Å²) in [4.78, 5) is 11.0. The van der Waals surface area contributed by atoms with Gasteiger partial charge in [-0.1, -0.05) is 6.07 Å². The zero-order valence-electron chi connectivity index (χ0n) is 13.3. The molecule has 3 heterocycles. The molecule has 22 heavy (non-hydrogen) atoms. The molecule has 0 saturated carbocycles. The zero-order valence-corrected chi connectivity index (χ0v) is 13.3. The number of nitrogens with one attached hydrogen (secondary N) is 1. The molecular weight excluding hydrogens is 274 g/mol. The topological polar surface area (TPSA) is 41.2 Å². The lowest BCUT2D eigenvalue weighted by molar-refractivity contribution is 0.149. The number of aryl methyl sites for hydroxylation is 1. The fourth-order valence-corrected chi connectivity index (χ4v) is 3.87. The van der Waals surface area contributed by atoms with Crippen molar-refractivity contribution in [1.82, 2.24) is 14.9 Å². The summed E-state index contributed by atoms with van der Waals surface area (Å²) in [7, 11) is 0. The number of likely N-dealkylation sites (tertiary alicyclic amines) is 1. The minimum atomic E-state index is 0.545. The quantitative estimate of drug-likeness (QED) is 0.947. The van der Waals surface area contributed by atoms with Crippen LogP contribution in [0.25, 0.3) is 11.0 Å². The summed E-state index contributed by atoms with van der Waals surface area (Å²) in [6, 6.07) is 6.46. The molecule has 1 N–H and O–H groups in total. The van der Waals surface area contributed by atoms with Crippen LogP contribution in [0.4, 0.5) is 0 Å². The van der Waals surface area contributed by atoms with Crippen LogP contribution in [0, 0.1) is 12.8 Å². The molecule has 1 aromatic carbocycles. The smallest absolute Gasteiger partial charge is 0.111 e. The molecule has 0 unspecified atom stereocenters. The first-order valence-electron chi connectivity index (χ1n) is 8.54. The highest BCUT2D eigenvalue weighted by Gasteiger charge is 2.26. The van der Waals surface area contributed by atoms with Crippen molar-refractivity contribution < 1.29 is 4.74 Å². The molecule has 0 aliphatic carbocycles. The molecule has 2 fully saturated rings. The Morgan fingerprint density at radius 2 is 2.32 bits per heavy atom. The number of benzene rings is 1. The van der Waals surface area contributed by atoms with Gasteiger partial charge < -0.3 is 14.6 Å². The first kappa shape index (κ1) is 14.2. The minimum absolute atomic E-state index is 0.545. The Morgan fingerprint density at radius 3 is 3.18 bits per heavy atom. The van der Waals surface area contributed by atoms with Crippen LogP contribution in [0.2, 0.25) is 0 Å². The first-order chi connectivity index (χ1) is 10.8. The normalized spacial score (nSPS) is 26.8. The number of nitrogens with zero attached hydrogens (tertiary/aromatic N) is 2. The number of aromatic amines is 1. The maximum atomic E-state index is 5.52. The summed E-state index contributed by atoms with van der Waals surface area (Å²) in [5, 5.41) is 0. The van der Waals surface area contributed by atoms with E-state index in [-0.39, 0.29) is 0 Å². The van der Waals surface area contributed by atoms with Crippen LogP contribution in [-0.2, 0) is 4.74 Å². The SMILES string of the molecule is Cc1ccc2nc([C@H]3CCCN(C[C@H]4CCOC4)C3)[nH]c2c1. The molecule has 2 aliphatic heterocycles. The molecule has 0 bridgehead atoms. The molecule has 0 amide bonds. The molecule has 1 aromatic heterocycles. The highest BCUT2D eigenvalue weighted by atomic mass is 16.5. The lowest BCUT2D eigenvalue weighted by Gasteiger charge is -2.33. The van der Waals surface area contributed by atoms with Crippen LogP contribution in [0.3, 0.4) is 0 Å². The van der Waals surface area contributed by atoms with Gasteiger partial charge in [0, 0.05) is 25.6 Å². The Balaban J connectivity index is 1.48. The number of aromatic nitrogens is 2. The second-order valence-corrected chi connectivity index (χ2v) is 6.97. The van der Waals surface area contributed by atoms with Crippen LogP contribution < -0.4 is 0 Å². The highest BCUT2D eigenvalue weighted by Crippen LogP contribution is 2.28. The Kier molecular flexibility index (Phi) is 3.89. The Hall–Kier alpha value is -1.39. The highest BCUT2D eigenvalue weighted by molar-refractivity contribution is 5.75. The molecule has 0 spiro atoms. The summed E-state index contributed by atoms with van der Waals surface area (Å²) in [6.07, 6.45) is 3.75. The van der Waals surface area contributed by atoms with Crippen LogP contribution in [0.15, 0.2) is 18.2 Å². The van der Waals surface area contributed by atoms with Crippen molar-refractivity contribution in [2.75, 3.05) is 32.8 Å². The summed E-state index contributed by atoms with van der Waals surface area (Å²) in [5.74, 6) is 2.45. The maximum absolute atomic E-state index is 5.52. The number of fused-ring (bicyclic) bond motifs is 1. The Bertz CT molecular complexity index is 645. The van der Waals surface area contributed by atoms with Crippen LogP contribution in [0.5, 0.6) is 0 Å². The van der Waals surface area contributed by atoms with Crippen LogP contribution in [-0.4, -0.2) is 47.7 Å². The molecule has 2 aliphatic rings. The second-order valence-electron chi connectivity index (χ2n) is 6.97. The largest absolute Gasteiger partial charge is 0.381 e.